The topological polar surface area (TPSA) is 86.2 Å². The largest absolute Gasteiger partial charge is 0.495 e. The molecule has 1 unspecified atom stereocenters. The summed E-state index contributed by atoms with van der Waals surface area (Å²) in [5.74, 6) is 0.561. The summed E-state index contributed by atoms with van der Waals surface area (Å²) in [6.45, 7) is 0. The third-order valence-electron chi connectivity index (χ3n) is 2.73. The summed E-state index contributed by atoms with van der Waals surface area (Å²) in [6, 6.07) is 5.33. The van der Waals surface area contributed by atoms with E-state index < -0.39 is 6.10 Å². The molecule has 3 N–H and O–H groups in total. The Labute approximate surface area is 105 Å². The Hall–Kier alpha value is -2.08. The minimum absolute atomic E-state index is 0.366. The van der Waals surface area contributed by atoms with Gasteiger partial charge in [-0.25, -0.2) is 0 Å². The van der Waals surface area contributed by atoms with Crippen LogP contribution < -0.4 is 10.5 Å². The normalized spacial score (nSPS) is 12.4. The number of methoxy groups -OCH3 is 1. The quantitative estimate of drug-likeness (QED) is 0.777. The van der Waals surface area contributed by atoms with Gasteiger partial charge in [0.05, 0.1) is 24.6 Å². The predicted molar refractivity (Wildman–Crippen MR) is 67.1 cm³/mol. The molecule has 2 rings (SSSR count). The lowest BCUT2D eigenvalue weighted by Gasteiger charge is -2.14. The van der Waals surface area contributed by atoms with E-state index in [4.69, 9.17) is 10.5 Å². The Morgan fingerprint density at radius 1 is 1.50 bits per heavy atom. The number of hydrogen-bond acceptors (Lipinski definition) is 5. The Morgan fingerprint density at radius 3 is 2.89 bits per heavy atom. The monoisotopic (exact) mass is 248 g/mol. The number of hydrogen-bond donors (Lipinski definition) is 2. The average Bonchev–Trinajstić information content (AvgIpc) is 2.75. The molecule has 0 aliphatic carbocycles. The molecule has 1 heterocycles. The lowest BCUT2D eigenvalue weighted by atomic mass is 10.0. The smallest absolute Gasteiger partial charge is 0.142 e. The molecule has 1 aromatic carbocycles. The van der Waals surface area contributed by atoms with Crippen molar-refractivity contribution in [3.63, 3.8) is 0 Å². The molecule has 0 spiro atoms. The predicted octanol–water partition coefficient (Wildman–Crippen LogP) is 0.682. The van der Waals surface area contributed by atoms with Crippen molar-refractivity contribution in [1.82, 2.24) is 15.0 Å². The van der Waals surface area contributed by atoms with Gasteiger partial charge in [-0.15, -0.1) is 5.10 Å². The number of aryl methyl sites for hydroxylation is 1. The zero-order chi connectivity index (χ0) is 13.1. The fourth-order valence-electron chi connectivity index (χ4n) is 1.83. The zero-order valence-electron chi connectivity index (χ0n) is 10.4. The summed E-state index contributed by atoms with van der Waals surface area (Å²) in [4.78, 5) is 0. The van der Waals surface area contributed by atoms with Crippen molar-refractivity contribution in [2.45, 2.75) is 12.5 Å². The van der Waals surface area contributed by atoms with E-state index in [1.807, 2.05) is 0 Å². The fourth-order valence-corrected chi connectivity index (χ4v) is 1.83. The summed E-state index contributed by atoms with van der Waals surface area (Å²) < 4.78 is 6.72. The fraction of sp³-hybridized carbons (Fsp3) is 0.333. The highest BCUT2D eigenvalue weighted by molar-refractivity contribution is 5.59. The minimum atomic E-state index is -0.725. The first kappa shape index (κ1) is 12.4. The molecular weight excluding hydrogens is 232 g/mol. The molecule has 0 radical (unpaired) electrons. The molecule has 0 saturated carbocycles. The molecule has 0 fully saturated rings. The van der Waals surface area contributed by atoms with Crippen LogP contribution in [0.3, 0.4) is 0 Å². The van der Waals surface area contributed by atoms with Crippen LogP contribution in [0.15, 0.2) is 24.4 Å². The van der Waals surface area contributed by atoms with Gasteiger partial charge in [0.1, 0.15) is 5.75 Å². The highest BCUT2D eigenvalue weighted by Crippen LogP contribution is 2.30. The summed E-state index contributed by atoms with van der Waals surface area (Å²) >= 11 is 0. The number of anilines is 1. The number of rotatable bonds is 4. The number of aliphatic hydroxyl groups excluding tert-OH is 1. The van der Waals surface area contributed by atoms with Crippen LogP contribution in [0.4, 0.5) is 5.69 Å². The van der Waals surface area contributed by atoms with E-state index in [0.29, 0.717) is 29.1 Å². The average molecular weight is 248 g/mol. The third-order valence-corrected chi connectivity index (χ3v) is 2.73. The van der Waals surface area contributed by atoms with Crippen molar-refractivity contribution < 1.29 is 9.84 Å². The van der Waals surface area contributed by atoms with E-state index in [-0.39, 0.29) is 0 Å². The maximum absolute atomic E-state index is 10.2. The maximum Gasteiger partial charge on any atom is 0.142 e. The molecule has 1 aromatic heterocycles. The van der Waals surface area contributed by atoms with Crippen molar-refractivity contribution >= 4 is 5.69 Å². The number of benzene rings is 1. The number of nitrogens with zero attached hydrogens (tertiary/aromatic N) is 3. The molecular formula is C12H16N4O2. The standard InChI is InChI=1S/C12H16N4O2/c1-16-7-8(14-15-16)6-10(17)9-4-3-5-11(18-2)12(9)13/h3-5,7,10,17H,6,13H2,1-2H3. The van der Waals surface area contributed by atoms with Crippen LogP contribution in [0, 0.1) is 0 Å². The molecule has 0 amide bonds. The SMILES string of the molecule is COc1cccc(C(O)Cc2cn(C)nn2)c1N. The molecule has 0 aliphatic heterocycles. The number of aromatic nitrogens is 3. The minimum Gasteiger partial charge on any atom is -0.495 e. The Bertz CT molecular complexity index is 539. The zero-order valence-corrected chi connectivity index (χ0v) is 10.4. The molecule has 0 aliphatic rings. The van der Waals surface area contributed by atoms with Gasteiger partial charge in [0.25, 0.3) is 0 Å². The summed E-state index contributed by atoms with van der Waals surface area (Å²) in [6.07, 6.45) is 1.40. The van der Waals surface area contributed by atoms with Gasteiger partial charge in [0.15, 0.2) is 0 Å². The molecule has 6 nitrogen and oxygen atoms in total. The second-order valence-corrected chi connectivity index (χ2v) is 4.07. The van der Waals surface area contributed by atoms with Gasteiger partial charge in [-0.3, -0.25) is 4.68 Å². The molecule has 6 heteroatoms. The van der Waals surface area contributed by atoms with Gasteiger partial charge in [-0.1, -0.05) is 17.3 Å². The van der Waals surface area contributed by atoms with Crippen LogP contribution in [-0.4, -0.2) is 27.2 Å². The second kappa shape index (κ2) is 5.05. The van der Waals surface area contributed by atoms with Gasteiger partial charge in [0.2, 0.25) is 0 Å². The molecule has 18 heavy (non-hydrogen) atoms. The number of nitrogens with two attached hydrogens (primary N) is 1. The van der Waals surface area contributed by atoms with E-state index in [0.717, 1.165) is 0 Å². The number of aliphatic hydroxyl groups is 1. The van der Waals surface area contributed by atoms with E-state index in [9.17, 15) is 5.11 Å². The Balaban J connectivity index is 2.21. The van der Waals surface area contributed by atoms with Crippen molar-refractivity contribution in [3.8, 4) is 5.75 Å². The van der Waals surface area contributed by atoms with Crippen molar-refractivity contribution in [2.75, 3.05) is 12.8 Å². The molecule has 2 aromatic rings. The summed E-state index contributed by atoms with van der Waals surface area (Å²) in [5.41, 5.74) is 7.74. The van der Waals surface area contributed by atoms with Crippen LogP contribution >= 0.6 is 0 Å². The number of para-hydroxylation sites is 1. The second-order valence-electron chi connectivity index (χ2n) is 4.07. The van der Waals surface area contributed by atoms with Gasteiger partial charge < -0.3 is 15.6 Å². The summed E-state index contributed by atoms with van der Waals surface area (Å²) in [7, 11) is 3.33. The molecule has 1 atom stereocenters. The van der Waals surface area contributed by atoms with Crippen LogP contribution in [0.5, 0.6) is 5.75 Å². The lowest BCUT2D eigenvalue weighted by Crippen LogP contribution is -2.06. The summed E-state index contributed by atoms with van der Waals surface area (Å²) in [5, 5.41) is 17.9. The lowest BCUT2D eigenvalue weighted by molar-refractivity contribution is 0.177. The van der Waals surface area contributed by atoms with Gasteiger partial charge in [-0.05, 0) is 6.07 Å². The first-order chi connectivity index (χ1) is 8.61. The first-order valence-corrected chi connectivity index (χ1v) is 5.57. The maximum atomic E-state index is 10.2. The van der Waals surface area contributed by atoms with E-state index >= 15 is 0 Å². The van der Waals surface area contributed by atoms with Crippen molar-refractivity contribution in [3.05, 3.63) is 35.7 Å². The van der Waals surface area contributed by atoms with E-state index in [2.05, 4.69) is 10.3 Å². The molecule has 0 bridgehead atoms. The van der Waals surface area contributed by atoms with Gasteiger partial charge >= 0.3 is 0 Å². The van der Waals surface area contributed by atoms with E-state index in [1.54, 1.807) is 43.2 Å². The number of nitrogen functional groups attached to an aromatic ring is 1. The van der Waals surface area contributed by atoms with Crippen molar-refractivity contribution in [1.29, 1.82) is 0 Å². The van der Waals surface area contributed by atoms with E-state index in [1.165, 1.54) is 0 Å². The van der Waals surface area contributed by atoms with Crippen molar-refractivity contribution in [2.24, 2.45) is 7.05 Å². The van der Waals surface area contributed by atoms with Crippen LogP contribution in [0.25, 0.3) is 0 Å². The first-order valence-electron chi connectivity index (χ1n) is 5.57. The third kappa shape index (κ3) is 2.43. The highest BCUT2D eigenvalue weighted by Gasteiger charge is 2.15. The molecule has 0 saturated heterocycles. The Morgan fingerprint density at radius 2 is 2.28 bits per heavy atom. The highest BCUT2D eigenvalue weighted by atomic mass is 16.5. The Kier molecular flexibility index (Phi) is 3.47. The van der Waals surface area contributed by atoms with Crippen LogP contribution in [0.1, 0.15) is 17.4 Å². The van der Waals surface area contributed by atoms with Crippen LogP contribution in [0.2, 0.25) is 0 Å². The number of ether oxygens (including phenoxy) is 1. The molecule has 96 valence electrons. The van der Waals surface area contributed by atoms with Gasteiger partial charge in [-0.2, -0.15) is 0 Å². The van der Waals surface area contributed by atoms with Crippen LogP contribution in [-0.2, 0) is 13.5 Å². The van der Waals surface area contributed by atoms with Gasteiger partial charge in [0, 0.05) is 25.2 Å².